The Bertz CT molecular complexity index is 240. The maximum atomic E-state index is 5.83. The van der Waals surface area contributed by atoms with Crippen LogP contribution in [0.1, 0.15) is 130 Å². The Kier molecular flexibility index (Phi) is 18.1. The monoisotopic (exact) mass is 354 g/mol. The average molecular weight is 355 g/mol. The molecule has 0 spiro atoms. The molecule has 0 aromatic heterocycles. The van der Waals surface area contributed by atoms with Crippen LogP contribution in [-0.4, -0.2) is 16.4 Å². The van der Waals surface area contributed by atoms with E-state index in [1.54, 1.807) is 0 Å². The van der Waals surface area contributed by atoms with Crippen molar-refractivity contribution in [1.82, 2.24) is 0 Å². The topological polar surface area (TPSA) is 9.23 Å². The summed E-state index contributed by atoms with van der Waals surface area (Å²) in [6.45, 7) is 10.1. The summed E-state index contributed by atoms with van der Waals surface area (Å²) in [4.78, 5) is 0. The van der Waals surface area contributed by atoms with E-state index >= 15 is 0 Å². The van der Waals surface area contributed by atoms with Crippen molar-refractivity contribution in [3.8, 4) is 0 Å². The zero-order valence-electron chi connectivity index (χ0n) is 17.4. The SMILES string of the molecule is CCCCCCCCCCCCCCCCCO[Si]C(C)(C)CC. The molecule has 0 N–H and O–H groups in total. The van der Waals surface area contributed by atoms with Crippen LogP contribution in [0.4, 0.5) is 0 Å². The van der Waals surface area contributed by atoms with Gasteiger partial charge < -0.3 is 4.43 Å². The molecular formula is C22H46OSi. The normalized spacial score (nSPS) is 12.0. The van der Waals surface area contributed by atoms with Gasteiger partial charge >= 0.3 is 0 Å². The van der Waals surface area contributed by atoms with Gasteiger partial charge in [0.2, 0.25) is 9.76 Å². The number of rotatable bonds is 19. The molecule has 0 heterocycles. The molecule has 0 aliphatic rings. The molecule has 0 fully saturated rings. The van der Waals surface area contributed by atoms with Crippen LogP contribution in [-0.2, 0) is 4.43 Å². The van der Waals surface area contributed by atoms with Gasteiger partial charge in [-0.2, -0.15) is 0 Å². The largest absolute Gasteiger partial charge is 0.417 e. The van der Waals surface area contributed by atoms with Gasteiger partial charge in [0, 0.05) is 6.61 Å². The van der Waals surface area contributed by atoms with Crippen LogP contribution in [0, 0.1) is 0 Å². The molecule has 24 heavy (non-hydrogen) atoms. The lowest BCUT2D eigenvalue weighted by atomic mass is 10.0. The minimum Gasteiger partial charge on any atom is -0.417 e. The molecule has 0 rings (SSSR count). The lowest BCUT2D eigenvalue weighted by Crippen LogP contribution is -2.15. The molecule has 2 radical (unpaired) electrons. The van der Waals surface area contributed by atoms with Gasteiger partial charge in [0.15, 0.2) is 0 Å². The van der Waals surface area contributed by atoms with E-state index in [2.05, 4.69) is 27.7 Å². The van der Waals surface area contributed by atoms with Crippen LogP contribution >= 0.6 is 0 Å². The van der Waals surface area contributed by atoms with Crippen LogP contribution in [0.5, 0.6) is 0 Å². The summed E-state index contributed by atoms with van der Waals surface area (Å²) in [5.41, 5.74) is 0. The Morgan fingerprint density at radius 3 is 1.33 bits per heavy atom. The van der Waals surface area contributed by atoms with E-state index in [1.807, 2.05) is 0 Å². The van der Waals surface area contributed by atoms with Crippen LogP contribution < -0.4 is 0 Å². The lowest BCUT2D eigenvalue weighted by molar-refractivity contribution is 0.303. The van der Waals surface area contributed by atoms with Crippen molar-refractivity contribution in [1.29, 1.82) is 0 Å². The predicted octanol–water partition coefficient (Wildman–Crippen LogP) is 8.10. The maximum absolute atomic E-state index is 5.83. The van der Waals surface area contributed by atoms with E-state index in [-0.39, 0.29) is 0 Å². The third-order valence-electron chi connectivity index (χ3n) is 5.08. The van der Waals surface area contributed by atoms with Crippen molar-refractivity contribution in [3.63, 3.8) is 0 Å². The minimum atomic E-state index is 0.384. The summed E-state index contributed by atoms with van der Waals surface area (Å²) >= 11 is 0. The second-order valence-electron chi connectivity index (χ2n) is 8.14. The summed E-state index contributed by atoms with van der Waals surface area (Å²) in [7, 11) is 0.670. The van der Waals surface area contributed by atoms with E-state index < -0.39 is 0 Å². The second kappa shape index (κ2) is 18.0. The first kappa shape index (κ1) is 24.2. The fourth-order valence-corrected chi connectivity index (χ4v) is 3.65. The first-order chi connectivity index (χ1) is 11.6. The summed E-state index contributed by atoms with van der Waals surface area (Å²) < 4.78 is 5.83. The van der Waals surface area contributed by atoms with Gasteiger partial charge in [0.25, 0.3) is 0 Å². The van der Waals surface area contributed by atoms with Crippen molar-refractivity contribution in [2.24, 2.45) is 0 Å². The van der Waals surface area contributed by atoms with Crippen LogP contribution in [0.3, 0.4) is 0 Å². The highest BCUT2D eigenvalue weighted by Gasteiger charge is 2.17. The smallest absolute Gasteiger partial charge is 0.235 e. The fraction of sp³-hybridized carbons (Fsp3) is 1.00. The molecule has 0 atom stereocenters. The van der Waals surface area contributed by atoms with Gasteiger partial charge in [-0.05, 0) is 11.5 Å². The third kappa shape index (κ3) is 18.5. The molecule has 144 valence electrons. The van der Waals surface area contributed by atoms with Gasteiger partial charge in [-0.25, -0.2) is 0 Å². The molecule has 0 aromatic rings. The van der Waals surface area contributed by atoms with Gasteiger partial charge in [-0.15, -0.1) is 0 Å². The first-order valence-corrected chi connectivity index (χ1v) is 11.9. The summed E-state index contributed by atoms with van der Waals surface area (Å²) in [5, 5.41) is 0.384. The third-order valence-corrected chi connectivity index (χ3v) is 6.34. The zero-order valence-corrected chi connectivity index (χ0v) is 18.4. The molecule has 0 aliphatic heterocycles. The molecule has 0 unspecified atom stereocenters. The fourth-order valence-electron chi connectivity index (χ4n) is 2.86. The lowest BCUT2D eigenvalue weighted by Gasteiger charge is -2.19. The maximum Gasteiger partial charge on any atom is 0.235 e. The Balaban J connectivity index is 3.05. The molecule has 0 amide bonds. The molecular weight excluding hydrogens is 308 g/mol. The van der Waals surface area contributed by atoms with Gasteiger partial charge in [0.05, 0.1) is 0 Å². The first-order valence-electron chi connectivity index (χ1n) is 11.0. The van der Waals surface area contributed by atoms with Crippen LogP contribution in [0.25, 0.3) is 0 Å². The Labute approximate surface area is 156 Å². The molecule has 0 aliphatic carbocycles. The molecule has 1 nitrogen and oxygen atoms in total. The summed E-state index contributed by atoms with van der Waals surface area (Å²) in [6, 6.07) is 0. The van der Waals surface area contributed by atoms with E-state index in [0.717, 1.165) is 6.61 Å². The van der Waals surface area contributed by atoms with Crippen LogP contribution in [0.2, 0.25) is 5.04 Å². The van der Waals surface area contributed by atoms with E-state index in [9.17, 15) is 0 Å². The Hall–Kier alpha value is 0.177. The van der Waals surface area contributed by atoms with Crippen molar-refractivity contribution >= 4 is 9.76 Å². The van der Waals surface area contributed by atoms with Crippen LogP contribution in [0.15, 0.2) is 0 Å². The molecule has 0 saturated heterocycles. The molecule has 0 bridgehead atoms. The highest BCUT2D eigenvalue weighted by atomic mass is 28.2. The quantitative estimate of drug-likeness (QED) is 0.168. The molecule has 0 saturated carbocycles. The zero-order chi connectivity index (χ0) is 17.9. The highest BCUT2D eigenvalue weighted by molar-refractivity contribution is 6.31. The Morgan fingerprint density at radius 2 is 0.958 bits per heavy atom. The summed E-state index contributed by atoms with van der Waals surface area (Å²) in [5.74, 6) is 0. The van der Waals surface area contributed by atoms with Crippen molar-refractivity contribution < 1.29 is 4.43 Å². The van der Waals surface area contributed by atoms with Crippen molar-refractivity contribution in [3.05, 3.63) is 0 Å². The van der Waals surface area contributed by atoms with Gasteiger partial charge in [0.1, 0.15) is 0 Å². The van der Waals surface area contributed by atoms with E-state index in [4.69, 9.17) is 4.43 Å². The molecule has 2 heteroatoms. The van der Waals surface area contributed by atoms with E-state index in [1.165, 1.54) is 103 Å². The highest BCUT2D eigenvalue weighted by Crippen LogP contribution is 2.26. The van der Waals surface area contributed by atoms with Crippen molar-refractivity contribution in [2.45, 2.75) is 135 Å². The standard InChI is InChI=1S/C22H46OSi/c1-5-7-8-9-10-11-12-13-14-15-16-17-18-19-20-21-23-24-22(3,4)6-2/h5-21H2,1-4H3. The number of hydrogen-bond donors (Lipinski definition) is 0. The second-order valence-corrected chi connectivity index (χ2v) is 9.98. The number of unbranched alkanes of at least 4 members (excludes halogenated alkanes) is 14. The number of hydrogen-bond acceptors (Lipinski definition) is 1. The Morgan fingerprint density at radius 1 is 0.583 bits per heavy atom. The van der Waals surface area contributed by atoms with Gasteiger partial charge in [-0.1, -0.05) is 124 Å². The van der Waals surface area contributed by atoms with Gasteiger partial charge in [-0.3, -0.25) is 0 Å². The molecule has 0 aromatic carbocycles. The summed E-state index contributed by atoms with van der Waals surface area (Å²) in [6.07, 6.45) is 22.6. The minimum absolute atomic E-state index is 0.384. The van der Waals surface area contributed by atoms with Crippen molar-refractivity contribution in [2.75, 3.05) is 6.61 Å². The predicted molar refractivity (Wildman–Crippen MR) is 111 cm³/mol. The average Bonchev–Trinajstić information content (AvgIpc) is 2.57. The van der Waals surface area contributed by atoms with E-state index in [0.29, 0.717) is 14.8 Å².